The van der Waals surface area contributed by atoms with Gasteiger partial charge >= 0.3 is 0 Å². The van der Waals surface area contributed by atoms with Gasteiger partial charge in [0.15, 0.2) is 0 Å². The fourth-order valence-corrected chi connectivity index (χ4v) is 1.60. The SMILES string of the molecule is N#Cc1ccc(Cl)c(Nc2cc(NN)nc(N)n2)c1. The molecule has 0 saturated carbocycles. The van der Waals surface area contributed by atoms with Crippen LogP contribution in [0.15, 0.2) is 24.3 Å². The van der Waals surface area contributed by atoms with E-state index in [1.807, 2.05) is 6.07 Å². The van der Waals surface area contributed by atoms with Crippen molar-refractivity contribution >= 4 is 34.9 Å². The highest BCUT2D eigenvalue weighted by Crippen LogP contribution is 2.26. The topological polar surface area (TPSA) is 126 Å². The first-order valence-corrected chi connectivity index (χ1v) is 5.58. The number of rotatable bonds is 3. The van der Waals surface area contributed by atoms with Crippen LogP contribution in [-0.4, -0.2) is 9.97 Å². The number of nitrogens with zero attached hydrogens (tertiary/aromatic N) is 3. The monoisotopic (exact) mass is 275 g/mol. The van der Waals surface area contributed by atoms with E-state index in [0.29, 0.717) is 27.9 Å². The number of hydrazine groups is 1. The van der Waals surface area contributed by atoms with Crippen LogP contribution in [-0.2, 0) is 0 Å². The van der Waals surface area contributed by atoms with Gasteiger partial charge in [0.25, 0.3) is 0 Å². The smallest absolute Gasteiger partial charge is 0.223 e. The Morgan fingerprint density at radius 3 is 2.63 bits per heavy atom. The van der Waals surface area contributed by atoms with E-state index in [9.17, 15) is 0 Å². The van der Waals surface area contributed by atoms with Crippen molar-refractivity contribution in [1.29, 1.82) is 5.26 Å². The highest BCUT2D eigenvalue weighted by atomic mass is 35.5. The molecule has 1 aromatic carbocycles. The van der Waals surface area contributed by atoms with Gasteiger partial charge in [-0.1, -0.05) is 11.6 Å². The summed E-state index contributed by atoms with van der Waals surface area (Å²) >= 11 is 6.03. The van der Waals surface area contributed by atoms with Gasteiger partial charge in [-0.15, -0.1) is 0 Å². The zero-order chi connectivity index (χ0) is 13.8. The summed E-state index contributed by atoms with van der Waals surface area (Å²) in [4.78, 5) is 7.85. The van der Waals surface area contributed by atoms with Crippen molar-refractivity contribution in [3.8, 4) is 6.07 Å². The molecule has 8 heteroatoms. The maximum Gasteiger partial charge on any atom is 0.223 e. The Balaban J connectivity index is 2.36. The zero-order valence-corrected chi connectivity index (χ0v) is 10.4. The molecular formula is C11H10ClN7. The van der Waals surface area contributed by atoms with Gasteiger partial charge in [0.05, 0.1) is 22.3 Å². The average molecular weight is 276 g/mol. The molecule has 0 radical (unpaired) electrons. The van der Waals surface area contributed by atoms with Crippen LogP contribution >= 0.6 is 11.6 Å². The Bertz CT molecular complexity index is 650. The maximum absolute atomic E-state index is 8.85. The second-order valence-corrected chi connectivity index (χ2v) is 3.98. The molecular weight excluding hydrogens is 266 g/mol. The molecule has 6 N–H and O–H groups in total. The molecule has 2 aromatic rings. The predicted molar refractivity (Wildman–Crippen MR) is 73.7 cm³/mol. The van der Waals surface area contributed by atoms with Crippen LogP contribution in [0.1, 0.15) is 5.56 Å². The molecule has 0 saturated heterocycles. The van der Waals surface area contributed by atoms with E-state index in [4.69, 9.17) is 28.4 Å². The van der Waals surface area contributed by atoms with Gasteiger partial charge in [0.2, 0.25) is 5.95 Å². The molecule has 0 fully saturated rings. The Hall–Kier alpha value is -2.56. The normalized spacial score (nSPS) is 9.74. The van der Waals surface area contributed by atoms with Crippen LogP contribution < -0.4 is 22.3 Å². The van der Waals surface area contributed by atoms with E-state index in [1.165, 1.54) is 0 Å². The summed E-state index contributed by atoms with van der Waals surface area (Å²) in [6, 6.07) is 8.43. The van der Waals surface area contributed by atoms with Gasteiger partial charge in [0, 0.05) is 6.07 Å². The number of hydrogen-bond donors (Lipinski definition) is 4. The quantitative estimate of drug-likeness (QED) is 0.495. The summed E-state index contributed by atoms with van der Waals surface area (Å²) in [7, 11) is 0. The molecule has 0 bridgehead atoms. The summed E-state index contributed by atoms with van der Waals surface area (Å²) in [5.41, 5.74) is 8.94. The van der Waals surface area contributed by atoms with E-state index in [1.54, 1.807) is 24.3 Å². The highest BCUT2D eigenvalue weighted by Gasteiger charge is 2.06. The van der Waals surface area contributed by atoms with Crippen molar-refractivity contribution in [2.75, 3.05) is 16.5 Å². The summed E-state index contributed by atoms with van der Waals surface area (Å²) in [5.74, 6) is 6.10. The number of hydrogen-bond acceptors (Lipinski definition) is 7. The molecule has 0 amide bonds. The van der Waals surface area contributed by atoms with Crippen LogP contribution in [0.3, 0.4) is 0 Å². The first-order valence-electron chi connectivity index (χ1n) is 5.20. The summed E-state index contributed by atoms with van der Waals surface area (Å²) < 4.78 is 0. The molecule has 1 aromatic heterocycles. The van der Waals surface area contributed by atoms with Crippen LogP contribution in [0.2, 0.25) is 5.02 Å². The largest absolute Gasteiger partial charge is 0.368 e. The maximum atomic E-state index is 8.85. The Labute approximate surface area is 114 Å². The highest BCUT2D eigenvalue weighted by molar-refractivity contribution is 6.33. The predicted octanol–water partition coefficient (Wildman–Crippen LogP) is 1.61. The van der Waals surface area contributed by atoms with E-state index in [-0.39, 0.29) is 5.95 Å². The zero-order valence-electron chi connectivity index (χ0n) is 9.68. The van der Waals surface area contributed by atoms with Gasteiger partial charge in [-0.25, -0.2) is 5.84 Å². The van der Waals surface area contributed by atoms with E-state index in [0.717, 1.165) is 0 Å². The Morgan fingerprint density at radius 1 is 1.21 bits per heavy atom. The fourth-order valence-electron chi connectivity index (χ4n) is 1.43. The molecule has 0 unspecified atom stereocenters. The molecule has 1 heterocycles. The number of anilines is 4. The summed E-state index contributed by atoms with van der Waals surface area (Å²) in [6.45, 7) is 0. The Kier molecular flexibility index (Phi) is 3.66. The molecule has 0 atom stereocenters. The molecule has 2 rings (SSSR count). The molecule has 96 valence electrons. The number of benzene rings is 1. The number of nitrogens with two attached hydrogens (primary N) is 2. The lowest BCUT2D eigenvalue weighted by Crippen LogP contribution is -2.11. The van der Waals surface area contributed by atoms with Crippen molar-refractivity contribution in [1.82, 2.24) is 9.97 Å². The number of aromatic nitrogens is 2. The minimum absolute atomic E-state index is 0.0607. The van der Waals surface area contributed by atoms with E-state index >= 15 is 0 Å². The van der Waals surface area contributed by atoms with Crippen LogP contribution in [0.25, 0.3) is 0 Å². The van der Waals surface area contributed by atoms with Crippen molar-refractivity contribution in [2.45, 2.75) is 0 Å². The third-order valence-electron chi connectivity index (χ3n) is 2.25. The van der Waals surface area contributed by atoms with E-state index in [2.05, 4.69) is 20.7 Å². The van der Waals surface area contributed by atoms with Crippen LogP contribution in [0, 0.1) is 11.3 Å². The molecule has 0 spiro atoms. The fraction of sp³-hybridized carbons (Fsp3) is 0. The van der Waals surface area contributed by atoms with E-state index < -0.39 is 0 Å². The van der Waals surface area contributed by atoms with Crippen LogP contribution in [0.5, 0.6) is 0 Å². The lowest BCUT2D eigenvalue weighted by Gasteiger charge is -2.09. The molecule has 0 aliphatic carbocycles. The summed E-state index contributed by atoms with van der Waals surface area (Å²) in [5, 5.41) is 12.3. The molecule has 0 aliphatic rings. The third kappa shape index (κ3) is 3.01. The standard InChI is InChI=1S/C11H10ClN7/c12-7-2-1-6(5-13)3-8(7)16-9-4-10(19-15)18-11(14)17-9/h1-4H,15H2,(H4,14,16,17,18,19). The summed E-state index contributed by atoms with van der Waals surface area (Å²) in [6.07, 6.45) is 0. The van der Waals surface area contributed by atoms with Gasteiger partial charge in [0.1, 0.15) is 11.6 Å². The molecule has 7 nitrogen and oxygen atoms in total. The van der Waals surface area contributed by atoms with Gasteiger partial charge in [-0.05, 0) is 18.2 Å². The first kappa shape index (κ1) is 12.9. The van der Waals surface area contributed by atoms with Gasteiger partial charge in [-0.3, -0.25) is 0 Å². The average Bonchev–Trinajstić information content (AvgIpc) is 2.40. The molecule has 0 aliphatic heterocycles. The lowest BCUT2D eigenvalue weighted by atomic mass is 10.2. The number of nitrogen functional groups attached to an aromatic ring is 2. The van der Waals surface area contributed by atoms with Gasteiger partial charge in [-0.2, -0.15) is 15.2 Å². The second kappa shape index (κ2) is 5.39. The number of halogens is 1. The lowest BCUT2D eigenvalue weighted by molar-refractivity contribution is 1.15. The molecule has 19 heavy (non-hydrogen) atoms. The van der Waals surface area contributed by atoms with Crippen molar-refractivity contribution < 1.29 is 0 Å². The minimum Gasteiger partial charge on any atom is -0.368 e. The number of nitrogens with one attached hydrogen (secondary N) is 2. The van der Waals surface area contributed by atoms with Crippen molar-refractivity contribution in [2.24, 2.45) is 5.84 Å². The Morgan fingerprint density at radius 2 is 1.95 bits per heavy atom. The van der Waals surface area contributed by atoms with Crippen LogP contribution in [0.4, 0.5) is 23.3 Å². The van der Waals surface area contributed by atoms with Crippen molar-refractivity contribution in [3.63, 3.8) is 0 Å². The third-order valence-corrected chi connectivity index (χ3v) is 2.58. The van der Waals surface area contributed by atoms with Crippen molar-refractivity contribution in [3.05, 3.63) is 34.9 Å². The number of nitriles is 1. The van der Waals surface area contributed by atoms with Gasteiger partial charge < -0.3 is 16.5 Å². The second-order valence-electron chi connectivity index (χ2n) is 3.57. The minimum atomic E-state index is 0.0607. The first-order chi connectivity index (χ1) is 9.12.